The van der Waals surface area contributed by atoms with Crippen LogP contribution in [0.1, 0.15) is 13.8 Å². The molecule has 0 radical (unpaired) electrons. The minimum absolute atomic E-state index is 0.179. The minimum atomic E-state index is 0.179. The fraction of sp³-hybridized carbons (Fsp3) is 0.571. The third kappa shape index (κ3) is 2.71. The molecule has 100 valence electrons. The van der Waals surface area contributed by atoms with Crippen LogP contribution in [0.3, 0.4) is 0 Å². The molecule has 0 saturated carbocycles. The summed E-state index contributed by atoms with van der Waals surface area (Å²) in [7, 11) is 2.18. The maximum absolute atomic E-state index is 5.93. The highest BCUT2D eigenvalue weighted by Gasteiger charge is 2.36. The molecule has 1 fully saturated rings. The van der Waals surface area contributed by atoms with Crippen molar-refractivity contribution in [2.75, 3.05) is 31.6 Å². The Kier molecular flexibility index (Phi) is 3.99. The first kappa shape index (κ1) is 13.8. The van der Waals surface area contributed by atoms with Gasteiger partial charge in [-0.3, -0.25) is 4.90 Å². The summed E-state index contributed by atoms with van der Waals surface area (Å²) in [6, 6.07) is 8.90. The normalized spacial score (nSPS) is 24.3. The fourth-order valence-electron chi connectivity index (χ4n) is 2.46. The first-order chi connectivity index (χ1) is 8.44. The zero-order valence-electron chi connectivity index (χ0n) is 11.4. The number of anilines is 1. The molecule has 0 spiro atoms. The van der Waals surface area contributed by atoms with Gasteiger partial charge in [-0.1, -0.05) is 15.9 Å². The predicted molar refractivity (Wildman–Crippen MR) is 81.0 cm³/mol. The van der Waals surface area contributed by atoms with Gasteiger partial charge >= 0.3 is 0 Å². The molecular weight excluding hydrogens is 290 g/mol. The van der Waals surface area contributed by atoms with Crippen LogP contribution in [-0.2, 0) is 0 Å². The number of nitrogens with two attached hydrogens (primary N) is 1. The molecule has 1 aliphatic heterocycles. The maximum atomic E-state index is 5.93. The second-order valence-corrected chi connectivity index (χ2v) is 6.60. The van der Waals surface area contributed by atoms with Crippen molar-refractivity contribution in [2.45, 2.75) is 25.4 Å². The van der Waals surface area contributed by atoms with E-state index in [1.165, 1.54) is 5.69 Å². The van der Waals surface area contributed by atoms with E-state index in [1.807, 2.05) is 0 Å². The van der Waals surface area contributed by atoms with Crippen LogP contribution in [0, 0.1) is 0 Å². The Morgan fingerprint density at radius 2 is 1.94 bits per heavy atom. The number of hydrogen-bond acceptors (Lipinski definition) is 3. The monoisotopic (exact) mass is 311 g/mol. The number of rotatable bonds is 2. The van der Waals surface area contributed by atoms with Crippen LogP contribution in [0.4, 0.5) is 5.69 Å². The van der Waals surface area contributed by atoms with Gasteiger partial charge in [0.2, 0.25) is 0 Å². The molecule has 2 rings (SSSR count). The van der Waals surface area contributed by atoms with E-state index in [4.69, 9.17) is 5.73 Å². The largest absolute Gasteiger partial charge is 0.364 e. The van der Waals surface area contributed by atoms with Gasteiger partial charge in [-0.2, -0.15) is 0 Å². The summed E-state index contributed by atoms with van der Waals surface area (Å²) in [5.41, 5.74) is 7.37. The van der Waals surface area contributed by atoms with Crippen LogP contribution >= 0.6 is 15.9 Å². The van der Waals surface area contributed by atoms with Gasteiger partial charge in [0.05, 0.1) is 6.04 Å². The standard InChI is InChI=1S/C14H22BrN3/c1-14(2)10-18(13(8-16)9-17(14)3)12-6-4-11(15)5-7-12/h4-7,13H,8-10,16H2,1-3H3. The van der Waals surface area contributed by atoms with Crippen molar-refractivity contribution in [2.24, 2.45) is 5.73 Å². The fourth-order valence-corrected chi connectivity index (χ4v) is 2.73. The Morgan fingerprint density at radius 3 is 2.50 bits per heavy atom. The molecule has 18 heavy (non-hydrogen) atoms. The van der Waals surface area contributed by atoms with Crippen molar-refractivity contribution in [3.63, 3.8) is 0 Å². The Bertz CT molecular complexity index is 402. The van der Waals surface area contributed by atoms with Crippen molar-refractivity contribution < 1.29 is 0 Å². The summed E-state index contributed by atoms with van der Waals surface area (Å²) < 4.78 is 1.11. The molecule has 2 N–H and O–H groups in total. The molecular formula is C14H22BrN3. The Hall–Kier alpha value is -0.580. The quantitative estimate of drug-likeness (QED) is 0.909. The van der Waals surface area contributed by atoms with Crippen molar-refractivity contribution >= 4 is 21.6 Å². The molecule has 1 saturated heterocycles. The van der Waals surface area contributed by atoms with Crippen LogP contribution in [-0.4, -0.2) is 43.2 Å². The first-order valence-corrected chi connectivity index (χ1v) is 7.17. The average Bonchev–Trinajstić information content (AvgIpc) is 2.33. The molecule has 3 nitrogen and oxygen atoms in total. The molecule has 1 unspecified atom stereocenters. The number of likely N-dealkylation sites (N-methyl/N-ethyl adjacent to an activating group) is 1. The number of nitrogens with zero attached hydrogens (tertiary/aromatic N) is 2. The third-order valence-electron chi connectivity index (χ3n) is 3.95. The van der Waals surface area contributed by atoms with Gasteiger partial charge in [-0.15, -0.1) is 0 Å². The summed E-state index contributed by atoms with van der Waals surface area (Å²) in [5.74, 6) is 0. The highest BCUT2D eigenvalue weighted by Crippen LogP contribution is 2.28. The number of benzene rings is 1. The lowest BCUT2D eigenvalue weighted by Gasteiger charge is -2.50. The van der Waals surface area contributed by atoms with Gasteiger partial charge < -0.3 is 10.6 Å². The summed E-state index contributed by atoms with van der Waals surface area (Å²) in [5, 5.41) is 0. The van der Waals surface area contributed by atoms with Crippen molar-refractivity contribution in [3.05, 3.63) is 28.7 Å². The van der Waals surface area contributed by atoms with Crippen LogP contribution in [0.2, 0.25) is 0 Å². The third-order valence-corrected chi connectivity index (χ3v) is 4.48. The summed E-state index contributed by atoms with van der Waals surface area (Å²) in [4.78, 5) is 4.84. The molecule has 1 aliphatic rings. The van der Waals surface area contributed by atoms with Crippen LogP contribution in [0.25, 0.3) is 0 Å². The second kappa shape index (κ2) is 5.19. The smallest absolute Gasteiger partial charge is 0.0540 e. The Morgan fingerprint density at radius 1 is 1.33 bits per heavy atom. The van der Waals surface area contributed by atoms with E-state index >= 15 is 0 Å². The van der Waals surface area contributed by atoms with E-state index < -0.39 is 0 Å². The number of hydrogen-bond donors (Lipinski definition) is 1. The van der Waals surface area contributed by atoms with E-state index in [9.17, 15) is 0 Å². The zero-order chi connectivity index (χ0) is 13.3. The molecule has 0 aromatic heterocycles. The van der Waals surface area contributed by atoms with Crippen molar-refractivity contribution in [1.82, 2.24) is 4.90 Å². The SMILES string of the molecule is CN1CC(CN)N(c2ccc(Br)cc2)CC1(C)C. The molecule has 1 aromatic carbocycles. The summed E-state index contributed by atoms with van der Waals surface area (Å²) in [6.07, 6.45) is 0. The highest BCUT2D eigenvalue weighted by atomic mass is 79.9. The first-order valence-electron chi connectivity index (χ1n) is 6.37. The lowest BCUT2D eigenvalue weighted by atomic mass is 9.95. The maximum Gasteiger partial charge on any atom is 0.0540 e. The summed E-state index contributed by atoms with van der Waals surface area (Å²) >= 11 is 3.48. The molecule has 0 amide bonds. The number of piperazine rings is 1. The molecule has 1 atom stereocenters. The molecule has 0 aliphatic carbocycles. The molecule has 1 heterocycles. The van der Waals surface area contributed by atoms with Gasteiger partial charge in [0, 0.05) is 35.3 Å². The van der Waals surface area contributed by atoms with E-state index in [0.29, 0.717) is 12.6 Å². The van der Waals surface area contributed by atoms with Crippen LogP contribution < -0.4 is 10.6 Å². The predicted octanol–water partition coefficient (Wildman–Crippen LogP) is 2.31. The second-order valence-electron chi connectivity index (χ2n) is 5.69. The van der Waals surface area contributed by atoms with Gasteiger partial charge in [0.25, 0.3) is 0 Å². The van der Waals surface area contributed by atoms with E-state index in [1.54, 1.807) is 0 Å². The highest BCUT2D eigenvalue weighted by molar-refractivity contribution is 9.10. The number of halogens is 1. The molecule has 0 bridgehead atoms. The van der Waals surface area contributed by atoms with Crippen LogP contribution in [0.15, 0.2) is 28.7 Å². The topological polar surface area (TPSA) is 32.5 Å². The van der Waals surface area contributed by atoms with E-state index in [0.717, 1.165) is 17.6 Å². The van der Waals surface area contributed by atoms with Gasteiger partial charge in [0.15, 0.2) is 0 Å². The van der Waals surface area contributed by atoms with Gasteiger partial charge in [-0.05, 0) is 45.2 Å². The average molecular weight is 312 g/mol. The zero-order valence-corrected chi connectivity index (χ0v) is 12.9. The van der Waals surface area contributed by atoms with E-state index in [2.05, 4.69) is 70.9 Å². The van der Waals surface area contributed by atoms with Gasteiger partial charge in [-0.25, -0.2) is 0 Å². The Balaban J connectivity index is 2.26. The van der Waals surface area contributed by atoms with Gasteiger partial charge in [0.1, 0.15) is 0 Å². The van der Waals surface area contributed by atoms with Crippen LogP contribution in [0.5, 0.6) is 0 Å². The van der Waals surface area contributed by atoms with Crippen molar-refractivity contribution in [3.8, 4) is 0 Å². The Labute approximate surface area is 118 Å². The van der Waals surface area contributed by atoms with Crippen molar-refractivity contribution in [1.29, 1.82) is 0 Å². The lowest BCUT2D eigenvalue weighted by Crippen LogP contribution is -2.64. The summed E-state index contributed by atoms with van der Waals surface area (Å²) in [6.45, 7) is 7.28. The lowest BCUT2D eigenvalue weighted by molar-refractivity contribution is 0.116. The van der Waals surface area contributed by atoms with E-state index in [-0.39, 0.29) is 5.54 Å². The minimum Gasteiger partial charge on any atom is -0.364 e. The molecule has 4 heteroatoms. The molecule has 1 aromatic rings.